The van der Waals surface area contributed by atoms with Crippen LogP contribution in [-0.2, 0) is 44.9 Å². The van der Waals surface area contributed by atoms with E-state index in [9.17, 15) is 0 Å². The molecule has 8 aromatic carbocycles. The fourth-order valence-electron chi connectivity index (χ4n) is 20.1. The van der Waals surface area contributed by atoms with E-state index in [2.05, 4.69) is 367 Å². The summed E-state index contributed by atoms with van der Waals surface area (Å²) >= 11 is 3.15. The van der Waals surface area contributed by atoms with E-state index in [1.54, 1.807) is 42.4 Å². The molecule has 6 aromatic heterocycles. The minimum absolute atomic E-state index is 0. The Bertz CT molecular complexity index is 7460. The lowest BCUT2D eigenvalue weighted by Gasteiger charge is -2.17. The molecule has 0 amide bonds. The van der Waals surface area contributed by atoms with Crippen molar-refractivity contribution >= 4 is 61.0 Å². The number of imidazole rings is 2. The molecule has 0 bridgehead atoms. The highest BCUT2D eigenvalue weighted by molar-refractivity contribution is 7.14. The molecule has 0 aliphatic heterocycles. The predicted octanol–water partition coefficient (Wildman–Crippen LogP) is 34.6. The highest BCUT2D eigenvalue weighted by atomic mass is 32.1. The quantitative estimate of drug-likeness (QED) is 0.0546. The zero-order chi connectivity index (χ0) is 101. The third-order valence-electron chi connectivity index (χ3n) is 28.6. The van der Waals surface area contributed by atoms with Gasteiger partial charge >= 0.3 is 0 Å². The van der Waals surface area contributed by atoms with Gasteiger partial charge in [0.1, 0.15) is 30.0 Å². The number of nitrogens with one attached hydrogen (secondary N) is 2. The van der Waals surface area contributed by atoms with Gasteiger partial charge < -0.3 is 15.4 Å². The molecule has 11 nitrogen and oxygen atoms in total. The Hall–Kier alpha value is -14.0. The summed E-state index contributed by atoms with van der Waals surface area (Å²) in [7, 11) is 1.66. The minimum atomic E-state index is 0. The van der Waals surface area contributed by atoms with Crippen LogP contribution in [0.15, 0.2) is 324 Å². The molecule has 6 aliphatic carbocycles. The number of nitrogens with zero attached hydrogens (tertiary/aromatic N) is 8. The van der Waals surface area contributed by atoms with Crippen molar-refractivity contribution in [2.45, 2.75) is 233 Å². The summed E-state index contributed by atoms with van der Waals surface area (Å²) in [5.74, 6) is 4.38. The molecule has 0 spiro atoms. The number of ether oxygens (including phenoxy) is 1. The lowest BCUT2D eigenvalue weighted by atomic mass is 9.89. The van der Waals surface area contributed by atoms with Crippen LogP contribution in [0, 0.1) is 83.1 Å². The summed E-state index contributed by atoms with van der Waals surface area (Å²) in [6.45, 7) is 46.1. The van der Waals surface area contributed by atoms with Gasteiger partial charge in [0.2, 0.25) is 0 Å². The molecule has 143 heavy (non-hydrogen) atoms. The molecule has 0 saturated heterocycles. The third-order valence-corrected chi connectivity index (χ3v) is 30.1. The second-order valence-electron chi connectivity index (χ2n) is 39.9. The van der Waals surface area contributed by atoms with Crippen LogP contribution in [0.3, 0.4) is 0 Å². The zero-order valence-electron chi connectivity index (χ0n) is 87.9. The Kier molecular flexibility index (Phi) is 33.1. The number of methoxy groups -OCH3 is 1. The lowest BCUT2D eigenvalue weighted by Crippen LogP contribution is -2.01. The van der Waals surface area contributed by atoms with Crippen LogP contribution in [0.5, 0.6) is 5.75 Å². The normalized spacial score (nSPS) is 15.3. The van der Waals surface area contributed by atoms with E-state index in [1.165, 1.54) is 178 Å². The van der Waals surface area contributed by atoms with Crippen molar-refractivity contribution in [1.29, 1.82) is 0 Å². The number of pyridine rings is 2. The molecule has 0 radical (unpaired) electrons. The number of benzene rings is 8. The van der Waals surface area contributed by atoms with E-state index in [0.29, 0.717) is 23.7 Å². The van der Waals surface area contributed by atoms with Gasteiger partial charge in [0.05, 0.1) is 29.9 Å². The van der Waals surface area contributed by atoms with Crippen LogP contribution in [0.2, 0.25) is 0 Å². The highest BCUT2D eigenvalue weighted by Gasteiger charge is 2.24. The van der Waals surface area contributed by atoms with Crippen molar-refractivity contribution in [3.8, 4) is 39.9 Å². The number of aromatic nitrogens is 8. The molecule has 3 atom stereocenters. The summed E-state index contributed by atoms with van der Waals surface area (Å²) in [6, 6.07) is 55.9. The van der Waals surface area contributed by atoms with Gasteiger partial charge in [0, 0.05) is 84.7 Å². The highest BCUT2D eigenvalue weighted by Crippen LogP contribution is 2.42. The molecule has 3 unspecified atom stereocenters. The van der Waals surface area contributed by atoms with Gasteiger partial charge in [-0.2, -0.15) is 0 Å². The van der Waals surface area contributed by atoms with Gasteiger partial charge in [0.15, 0.2) is 10.3 Å². The fourth-order valence-corrected chi connectivity index (χ4v) is 21.6. The first-order chi connectivity index (χ1) is 69.0. The van der Waals surface area contributed by atoms with Gasteiger partial charge in [-0.15, -0.1) is 22.7 Å². The number of anilines is 4. The molecule has 2 N–H and O–H groups in total. The number of hydrogen-bond acceptors (Lipinski definition) is 11. The van der Waals surface area contributed by atoms with Crippen molar-refractivity contribution in [3.05, 3.63) is 469 Å². The molecule has 732 valence electrons. The lowest BCUT2D eigenvalue weighted by molar-refractivity contribution is 0.415. The predicted molar refractivity (Wildman–Crippen MR) is 612 cm³/mol. The second kappa shape index (κ2) is 46.4. The minimum Gasteiger partial charge on any atom is -0.497 e. The first-order valence-electron chi connectivity index (χ1n) is 51.0. The summed E-state index contributed by atoms with van der Waals surface area (Å²) in [5.41, 5.74) is 54.3. The van der Waals surface area contributed by atoms with Crippen LogP contribution in [0.1, 0.15) is 253 Å². The topological polar surface area (TPSA) is 120 Å². The molecule has 13 heteroatoms. The van der Waals surface area contributed by atoms with E-state index in [4.69, 9.17) is 9.72 Å². The third kappa shape index (κ3) is 25.4. The van der Waals surface area contributed by atoms with Crippen LogP contribution < -0.4 is 15.4 Å². The maximum absolute atomic E-state index is 5.30. The Balaban J connectivity index is 0.000000143. The van der Waals surface area contributed by atoms with E-state index >= 15 is 0 Å². The Labute approximate surface area is 861 Å². The van der Waals surface area contributed by atoms with Crippen molar-refractivity contribution in [3.63, 3.8) is 0 Å². The van der Waals surface area contributed by atoms with E-state index in [0.717, 1.165) is 143 Å². The number of aryl methyl sites for hydroxylation is 16. The number of rotatable bonds is 26. The van der Waals surface area contributed by atoms with Crippen molar-refractivity contribution in [1.82, 2.24) is 39.0 Å². The summed E-state index contributed by atoms with van der Waals surface area (Å²) < 4.78 is 9.11. The molecular weight excluding hydrogens is 1780 g/mol. The maximum atomic E-state index is 5.30. The molecule has 20 rings (SSSR count). The van der Waals surface area contributed by atoms with Crippen molar-refractivity contribution in [2.24, 2.45) is 0 Å². The summed E-state index contributed by atoms with van der Waals surface area (Å²) in [6.07, 6.45) is 57.1. The fraction of sp³-hybridized carbons (Fsp3) is 0.277. The van der Waals surface area contributed by atoms with Crippen molar-refractivity contribution < 1.29 is 7.59 Å². The number of hydrogen-bond donors (Lipinski definition) is 2. The summed E-state index contributed by atoms with van der Waals surface area (Å²) in [4.78, 5) is 26.9. The van der Waals surface area contributed by atoms with Gasteiger partial charge in [-0.3, -0.25) is 9.13 Å². The number of allylic oxidation sites excluding steroid dienone is 24. The molecule has 0 saturated carbocycles. The smallest absolute Gasteiger partial charge is 0.187 e. The molecular formula is C130H144N10OS2. The van der Waals surface area contributed by atoms with Gasteiger partial charge in [-0.25, -0.2) is 29.9 Å². The van der Waals surface area contributed by atoms with Crippen LogP contribution in [0.4, 0.5) is 21.6 Å². The summed E-state index contributed by atoms with van der Waals surface area (Å²) in [5, 5.41) is 12.6. The zero-order valence-corrected chi connectivity index (χ0v) is 89.5. The van der Waals surface area contributed by atoms with E-state index in [1.807, 2.05) is 101 Å². The largest absolute Gasteiger partial charge is 0.497 e. The number of thiazole rings is 2. The molecule has 6 aliphatic rings. The Morgan fingerprint density at radius 2 is 0.776 bits per heavy atom. The SMILES string of the molecule is CCc1cc(C)c(CC2=CC(c3ccc(C4C=CC(C)=C4)c(C)c3)=CC2)cc1C(C)C.CCc1cc(CC2=CC(c3ccc(C4C=CC(C)=C4)c(C)c3)=CC2)c(C)cc1C.CCc1cc(CC2=CC(c3ccc(C4C=CC(C)=C4)c(CC)c3)=CC2)c(C)cc1C.COc1ccc(C)c(Nc2nc(-c3ccc(-n4cnc(C)c4)nc3)cs2)c1.Cc1ccc(C)c(Nc2nc(-c3ccc(-n4cnc(C)c4)nc3)cs2)c1.[HH].[HH]. The average Bonchev–Trinajstić information content (AvgIpc) is 1.72. The maximum Gasteiger partial charge on any atom is 0.187 e. The Morgan fingerprint density at radius 3 is 1.17 bits per heavy atom. The van der Waals surface area contributed by atoms with E-state index in [-0.39, 0.29) is 2.85 Å². The monoisotopic (exact) mass is 1930 g/mol. The van der Waals surface area contributed by atoms with Gasteiger partial charge in [0.25, 0.3) is 0 Å². The second-order valence-corrected chi connectivity index (χ2v) is 41.6. The average molecular weight is 1930 g/mol. The standard InChI is InChI=1S/C31H36.C30H34.C29H32.C20H19N5OS.C20H19N5S.2H2/c1-7-25-15-22(5)29(19-31(25)20(2)3)18-24-9-11-27(17-24)26-12-13-30(23(6)16-26)28-10-8-21(4)14-28;1-6-24-18-29(22(5)15-21(24)4)17-23-9-11-26(16-23)27-12-13-30(25(7-2)19-27)28-10-8-20(3)14-28;1-6-24-18-28(21(4)14-20(24)3)17-23-8-10-26(16-23)25-11-12-29(22(5)15-25)27-9-7-19(2)13-27;1-13-4-6-16(26-3)8-17(13)23-20-24-18(11-27-20)15-5-7-19(21-9-15)25-10-14(2)22-12-25;1-13-4-5-14(2)17(8-13)23-20-24-18(11-26-20)16-6-7-19(21-9-16)25-10-15(3)22-12-25;;/h8,10-17,19-20,28H,7,9,18H2,1-6H3;8,10-16,18-19,28H,6-7,9,17H2,1-5H3;7,9-16,18,27H,6,8,17H2,1-5H3;4-12H,1-3H3,(H,23,24);4-12H,1-3H3,(H,23,24);2*1H. The van der Waals surface area contributed by atoms with Crippen molar-refractivity contribution in [2.75, 3.05) is 17.7 Å². The van der Waals surface area contributed by atoms with Crippen LogP contribution >= 0.6 is 22.7 Å². The van der Waals surface area contributed by atoms with E-state index < -0.39 is 0 Å². The van der Waals surface area contributed by atoms with Crippen LogP contribution in [-0.4, -0.2) is 46.1 Å². The van der Waals surface area contributed by atoms with Gasteiger partial charge in [-0.1, -0.05) is 275 Å². The molecule has 6 heterocycles. The van der Waals surface area contributed by atoms with Gasteiger partial charge in [-0.05, 0) is 361 Å². The Morgan fingerprint density at radius 1 is 0.378 bits per heavy atom. The first-order valence-corrected chi connectivity index (χ1v) is 52.8. The first kappa shape index (κ1) is 102. The molecule has 0 fully saturated rings. The molecule has 14 aromatic rings. The van der Waals surface area contributed by atoms with Crippen LogP contribution in [0.25, 0.3) is 50.9 Å².